The number of para-hydroxylation sites is 1. The summed E-state index contributed by atoms with van der Waals surface area (Å²) < 4.78 is 5.81. The van der Waals surface area contributed by atoms with Gasteiger partial charge in [-0.05, 0) is 63.9 Å². The van der Waals surface area contributed by atoms with Gasteiger partial charge in [0.2, 0.25) is 0 Å². The highest BCUT2D eigenvalue weighted by Gasteiger charge is 2.09. The quantitative estimate of drug-likeness (QED) is 0.655. The highest BCUT2D eigenvalue weighted by molar-refractivity contribution is 5.31. The Balaban J connectivity index is 1.47. The topological polar surface area (TPSA) is 12.5 Å². The zero-order chi connectivity index (χ0) is 13.3. The first-order valence-electron chi connectivity index (χ1n) is 7.77. The molecule has 1 heterocycles. The van der Waals surface area contributed by atoms with Crippen molar-refractivity contribution in [2.24, 2.45) is 0 Å². The van der Waals surface area contributed by atoms with Gasteiger partial charge in [-0.1, -0.05) is 31.0 Å². The van der Waals surface area contributed by atoms with Crippen LogP contribution in [0.4, 0.5) is 0 Å². The molecular formula is C17H27NO. The van der Waals surface area contributed by atoms with E-state index in [-0.39, 0.29) is 0 Å². The minimum Gasteiger partial charge on any atom is -0.493 e. The lowest BCUT2D eigenvalue weighted by Gasteiger charge is -2.13. The Hall–Kier alpha value is -1.02. The summed E-state index contributed by atoms with van der Waals surface area (Å²) in [6.07, 6.45) is 7.97. The second-order valence-electron chi connectivity index (χ2n) is 5.58. The van der Waals surface area contributed by atoms with Gasteiger partial charge in [-0.2, -0.15) is 0 Å². The average Bonchev–Trinajstić information content (AvgIpc) is 2.93. The van der Waals surface area contributed by atoms with E-state index in [1.54, 1.807) is 0 Å². The predicted octanol–water partition coefficient (Wildman–Crippen LogP) is 4.03. The molecule has 0 unspecified atom stereocenters. The summed E-state index contributed by atoms with van der Waals surface area (Å²) in [6, 6.07) is 8.26. The van der Waals surface area contributed by atoms with E-state index < -0.39 is 0 Å². The predicted molar refractivity (Wildman–Crippen MR) is 80.8 cm³/mol. The standard InChI is InChI=1S/C17H27NO/c1-16-10-4-5-11-17(16)19-15-9-3-2-6-12-18-13-7-8-14-18/h4-5,10-11H,2-3,6-9,12-15H2,1H3. The maximum absolute atomic E-state index is 5.81. The van der Waals surface area contributed by atoms with Crippen molar-refractivity contribution in [2.75, 3.05) is 26.2 Å². The Bertz CT molecular complexity index is 358. The van der Waals surface area contributed by atoms with Crippen LogP contribution < -0.4 is 4.74 Å². The first-order valence-corrected chi connectivity index (χ1v) is 7.77. The van der Waals surface area contributed by atoms with Crippen LogP contribution in [-0.2, 0) is 0 Å². The molecule has 1 aromatic rings. The third-order valence-electron chi connectivity index (χ3n) is 3.92. The van der Waals surface area contributed by atoms with E-state index in [0.717, 1.165) is 12.4 Å². The van der Waals surface area contributed by atoms with Crippen molar-refractivity contribution in [1.82, 2.24) is 4.90 Å². The Morgan fingerprint density at radius 2 is 1.74 bits per heavy atom. The van der Waals surface area contributed by atoms with E-state index in [4.69, 9.17) is 4.74 Å². The molecule has 1 saturated heterocycles. The van der Waals surface area contributed by atoms with Crippen molar-refractivity contribution in [1.29, 1.82) is 0 Å². The summed E-state index contributed by atoms with van der Waals surface area (Å²) >= 11 is 0. The summed E-state index contributed by atoms with van der Waals surface area (Å²) in [6.45, 7) is 6.92. The molecule has 1 aromatic carbocycles. The van der Waals surface area contributed by atoms with E-state index >= 15 is 0 Å². The fraction of sp³-hybridized carbons (Fsp3) is 0.647. The molecule has 0 amide bonds. The molecule has 0 aromatic heterocycles. The van der Waals surface area contributed by atoms with E-state index in [1.165, 1.54) is 63.7 Å². The normalized spacial score (nSPS) is 15.8. The summed E-state index contributed by atoms with van der Waals surface area (Å²) in [5.41, 5.74) is 1.23. The lowest BCUT2D eigenvalue weighted by Crippen LogP contribution is -2.20. The summed E-state index contributed by atoms with van der Waals surface area (Å²) in [5, 5.41) is 0. The van der Waals surface area contributed by atoms with Crippen LogP contribution in [0.15, 0.2) is 24.3 Å². The first-order chi connectivity index (χ1) is 9.36. The third-order valence-corrected chi connectivity index (χ3v) is 3.92. The van der Waals surface area contributed by atoms with Gasteiger partial charge in [0.1, 0.15) is 5.75 Å². The number of unbranched alkanes of at least 4 members (excludes halogenated alkanes) is 3. The molecule has 0 radical (unpaired) electrons. The third kappa shape index (κ3) is 5.23. The smallest absolute Gasteiger partial charge is 0.122 e. The maximum atomic E-state index is 5.81. The molecule has 106 valence electrons. The van der Waals surface area contributed by atoms with Gasteiger partial charge in [0.05, 0.1) is 6.61 Å². The van der Waals surface area contributed by atoms with Gasteiger partial charge in [-0.15, -0.1) is 0 Å². The largest absolute Gasteiger partial charge is 0.493 e. The molecule has 2 heteroatoms. The summed E-state index contributed by atoms with van der Waals surface area (Å²) in [7, 11) is 0. The molecule has 19 heavy (non-hydrogen) atoms. The van der Waals surface area contributed by atoms with Gasteiger partial charge >= 0.3 is 0 Å². The number of benzene rings is 1. The van der Waals surface area contributed by atoms with E-state index in [2.05, 4.69) is 30.0 Å². The van der Waals surface area contributed by atoms with Gasteiger partial charge in [-0.3, -0.25) is 0 Å². The van der Waals surface area contributed by atoms with Crippen molar-refractivity contribution >= 4 is 0 Å². The monoisotopic (exact) mass is 261 g/mol. The molecule has 1 fully saturated rings. The van der Waals surface area contributed by atoms with E-state index in [0.29, 0.717) is 0 Å². The Morgan fingerprint density at radius 3 is 2.53 bits per heavy atom. The minimum atomic E-state index is 0.856. The van der Waals surface area contributed by atoms with Crippen LogP contribution in [0.2, 0.25) is 0 Å². The fourth-order valence-electron chi connectivity index (χ4n) is 2.70. The number of rotatable bonds is 8. The number of nitrogens with zero attached hydrogens (tertiary/aromatic N) is 1. The van der Waals surface area contributed by atoms with Gasteiger partial charge in [-0.25, -0.2) is 0 Å². The molecule has 0 aliphatic carbocycles. The van der Waals surface area contributed by atoms with Crippen LogP contribution in [0.1, 0.15) is 44.1 Å². The van der Waals surface area contributed by atoms with Crippen molar-refractivity contribution in [3.8, 4) is 5.75 Å². The number of hydrogen-bond donors (Lipinski definition) is 0. The van der Waals surface area contributed by atoms with Crippen molar-refractivity contribution in [3.63, 3.8) is 0 Å². The fourth-order valence-corrected chi connectivity index (χ4v) is 2.70. The molecule has 2 rings (SSSR count). The molecular weight excluding hydrogens is 234 g/mol. The lowest BCUT2D eigenvalue weighted by atomic mass is 10.2. The van der Waals surface area contributed by atoms with Gasteiger partial charge in [0.15, 0.2) is 0 Å². The average molecular weight is 261 g/mol. The van der Waals surface area contributed by atoms with Crippen LogP contribution in [-0.4, -0.2) is 31.1 Å². The summed E-state index contributed by atoms with van der Waals surface area (Å²) in [5.74, 6) is 1.04. The number of hydrogen-bond acceptors (Lipinski definition) is 2. The van der Waals surface area contributed by atoms with Crippen molar-refractivity contribution in [2.45, 2.75) is 45.4 Å². The molecule has 0 atom stereocenters. The Labute approximate surface area is 117 Å². The highest BCUT2D eigenvalue weighted by Crippen LogP contribution is 2.16. The summed E-state index contributed by atoms with van der Waals surface area (Å²) in [4.78, 5) is 2.60. The van der Waals surface area contributed by atoms with Crippen molar-refractivity contribution in [3.05, 3.63) is 29.8 Å². The second-order valence-corrected chi connectivity index (χ2v) is 5.58. The van der Waals surface area contributed by atoms with Gasteiger partial charge in [0, 0.05) is 0 Å². The zero-order valence-corrected chi connectivity index (χ0v) is 12.2. The molecule has 2 nitrogen and oxygen atoms in total. The van der Waals surface area contributed by atoms with Crippen LogP contribution >= 0.6 is 0 Å². The van der Waals surface area contributed by atoms with Gasteiger partial charge in [0.25, 0.3) is 0 Å². The lowest BCUT2D eigenvalue weighted by molar-refractivity contribution is 0.295. The van der Waals surface area contributed by atoms with Crippen molar-refractivity contribution < 1.29 is 4.74 Å². The number of ether oxygens (including phenoxy) is 1. The SMILES string of the molecule is Cc1ccccc1OCCCCCCN1CCCC1. The second kappa shape index (κ2) is 8.21. The highest BCUT2D eigenvalue weighted by atomic mass is 16.5. The van der Waals surface area contributed by atoms with E-state index in [9.17, 15) is 0 Å². The molecule has 1 aliphatic rings. The zero-order valence-electron chi connectivity index (χ0n) is 12.2. The number of likely N-dealkylation sites (tertiary alicyclic amines) is 1. The minimum absolute atomic E-state index is 0.856. The molecule has 1 aliphatic heterocycles. The number of aryl methyl sites for hydroxylation is 1. The molecule has 0 bridgehead atoms. The molecule has 0 spiro atoms. The van der Waals surface area contributed by atoms with Crippen LogP contribution in [0.5, 0.6) is 5.75 Å². The van der Waals surface area contributed by atoms with Gasteiger partial charge < -0.3 is 9.64 Å². The molecule has 0 N–H and O–H groups in total. The van der Waals surface area contributed by atoms with Crippen LogP contribution in [0, 0.1) is 6.92 Å². The van der Waals surface area contributed by atoms with Crippen LogP contribution in [0.25, 0.3) is 0 Å². The molecule has 0 saturated carbocycles. The first kappa shape index (κ1) is 14.4. The Morgan fingerprint density at radius 1 is 1.00 bits per heavy atom. The maximum Gasteiger partial charge on any atom is 0.122 e. The van der Waals surface area contributed by atoms with E-state index in [1.807, 2.05) is 6.07 Å². The Kier molecular flexibility index (Phi) is 6.22. The van der Waals surface area contributed by atoms with Crippen LogP contribution in [0.3, 0.4) is 0 Å².